The highest BCUT2D eigenvalue weighted by Crippen LogP contribution is 2.60. The van der Waals surface area contributed by atoms with Crippen molar-refractivity contribution in [2.75, 3.05) is 47.6 Å². The Bertz CT molecular complexity index is 2090. The number of halogens is 1. The summed E-state index contributed by atoms with van der Waals surface area (Å²) in [6.45, 7) is 7.62. The lowest BCUT2D eigenvalue weighted by molar-refractivity contribution is -0.150. The van der Waals surface area contributed by atoms with Crippen molar-refractivity contribution < 1.29 is 28.3 Å². The number of para-hydroxylation sites is 2. The van der Waals surface area contributed by atoms with Gasteiger partial charge >= 0.3 is 0 Å². The number of fused-ring (bicyclic) bond motifs is 2. The Morgan fingerprint density at radius 3 is 2.19 bits per heavy atom. The van der Waals surface area contributed by atoms with Crippen LogP contribution in [0.2, 0.25) is 18.6 Å². The molecule has 3 fully saturated rings. The Labute approximate surface area is 335 Å². The number of benzene rings is 4. The standard InChI is InChI=1S/C45H52FN5O5Si/c1-32-41(57(2,3)46)39(28-40(53)48(26-27-52)29-33-12-6-4-7-13-33)56-45(32)37-16-10-11-17-38(37)49(43(45)55)30-34-18-20-35(21-19-34)50-31-51(36-14-8-5-9-15-36)44(42(50)54)22-24-47-25-23-44/h4-21,32,39,41,47,52H,22-31H2,1-3H3/t32-,39+,41-,45+/m0/s1. The highest BCUT2D eigenvalue weighted by molar-refractivity contribution is 6.72. The maximum absolute atomic E-state index is 16.5. The monoisotopic (exact) mass is 789 g/mol. The fourth-order valence-corrected chi connectivity index (χ4v) is 12.5. The molecule has 4 heterocycles. The second-order valence-electron chi connectivity index (χ2n) is 16.5. The molecule has 4 aliphatic rings. The van der Waals surface area contributed by atoms with Gasteiger partial charge in [-0.05, 0) is 80.5 Å². The summed E-state index contributed by atoms with van der Waals surface area (Å²) in [5.74, 6) is -0.967. The molecule has 0 unspecified atom stereocenters. The Morgan fingerprint density at radius 1 is 0.877 bits per heavy atom. The molecule has 12 heteroatoms. The molecule has 4 aliphatic heterocycles. The maximum atomic E-state index is 16.5. The molecular formula is C45H52FN5O5Si. The molecule has 4 atom stereocenters. The summed E-state index contributed by atoms with van der Waals surface area (Å²) in [5, 5.41) is 13.3. The van der Waals surface area contributed by atoms with Crippen molar-refractivity contribution >= 4 is 43.2 Å². The number of anilines is 3. The maximum Gasteiger partial charge on any atom is 0.264 e. The van der Waals surface area contributed by atoms with Crippen molar-refractivity contribution in [2.24, 2.45) is 5.92 Å². The van der Waals surface area contributed by atoms with Crippen molar-refractivity contribution in [3.05, 3.63) is 126 Å². The number of hydrogen-bond acceptors (Lipinski definition) is 7. The van der Waals surface area contributed by atoms with E-state index in [2.05, 4.69) is 22.3 Å². The third kappa shape index (κ3) is 6.86. The number of carbonyl (C=O) groups is 3. The molecule has 0 aliphatic carbocycles. The second kappa shape index (κ2) is 15.5. The van der Waals surface area contributed by atoms with E-state index in [1.165, 1.54) is 0 Å². The summed E-state index contributed by atoms with van der Waals surface area (Å²) in [4.78, 5) is 50.6. The predicted molar refractivity (Wildman–Crippen MR) is 222 cm³/mol. The number of ether oxygens (including phenoxy) is 1. The van der Waals surface area contributed by atoms with Crippen LogP contribution in [0.3, 0.4) is 0 Å². The topological polar surface area (TPSA) is 106 Å². The Balaban J connectivity index is 1.05. The van der Waals surface area contributed by atoms with Crippen molar-refractivity contribution in [1.82, 2.24) is 10.2 Å². The molecule has 0 radical (unpaired) electrons. The molecule has 2 N–H and O–H groups in total. The minimum absolute atomic E-state index is 0.0973. The number of nitrogens with one attached hydrogen (secondary N) is 1. The van der Waals surface area contributed by atoms with Crippen LogP contribution in [0.25, 0.3) is 0 Å². The summed E-state index contributed by atoms with van der Waals surface area (Å²) in [6, 6.07) is 35.1. The lowest BCUT2D eigenvalue weighted by Crippen LogP contribution is -2.55. The highest BCUT2D eigenvalue weighted by atomic mass is 28.4. The first-order chi connectivity index (χ1) is 27.5. The van der Waals surface area contributed by atoms with Gasteiger partial charge < -0.3 is 34.0 Å². The lowest BCUT2D eigenvalue weighted by Gasteiger charge is -2.39. The van der Waals surface area contributed by atoms with Gasteiger partial charge in [0.25, 0.3) is 11.8 Å². The third-order valence-electron chi connectivity index (χ3n) is 12.7. The predicted octanol–water partition coefficient (Wildman–Crippen LogP) is 6.35. The SMILES string of the molecule is C[C@H]1[C@H]([Si](C)(C)F)[C@@H](CC(=O)N(CCO)Cc2ccccc2)O[C@]12C(=O)N(Cc1ccc(N3CN(c4ccccc4)C4(CCNCC4)C3=O)cc1)c1ccccc12. The van der Waals surface area contributed by atoms with E-state index in [1.54, 1.807) is 22.9 Å². The van der Waals surface area contributed by atoms with E-state index in [1.807, 2.05) is 109 Å². The molecule has 0 saturated carbocycles. The lowest BCUT2D eigenvalue weighted by atomic mass is 9.82. The first kappa shape index (κ1) is 39.0. The second-order valence-corrected chi connectivity index (χ2v) is 20.3. The zero-order valence-corrected chi connectivity index (χ0v) is 33.9. The van der Waals surface area contributed by atoms with Gasteiger partial charge in [-0.25, -0.2) is 0 Å². The smallest absolute Gasteiger partial charge is 0.264 e. The van der Waals surface area contributed by atoms with Crippen LogP contribution in [0.5, 0.6) is 0 Å². The van der Waals surface area contributed by atoms with Crippen molar-refractivity contribution in [3.8, 4) is 0 Å². The van der Waals surface area contributed by atoms with E-state index in [0.717, 1.165) is 48.4 Å². The van der Waals surface area contributed by atoms with Crippen LogP contribution in [-0.2, 0) is 37.8 Å². The van der Waals surface area contributed by atoms with Crippen LogP contribution >= 0.6 is 0 Å². The van der Waals surface area contributed by atoms with Gasteiger partial charge in [0.05, 0.1) is 38.0 Å². The molecule has 298 valence electrons. The Kier molecular flexibility index (Phi) is 10.6. The number of aliphatic hydroxyl groups is 1. The van der Waals surface area contributed by atoms with Gasteiger partial charge in [0.2, 0.25) is 14.3 Å². The van der Waals surface area contributed by atoms with Crippen LogP contribution in [0.4, 0.5) is 21.2 Å². The minimum Gasteiger partial charge on any atom is -0.395 e. The Hall–Kier alpha value is -4.88. The average molecular weight is 790 g/mol. The normalized spacial score (nSPS) is 24.2. The van der Waals surface area contributed by atoms with Crippen LogP contribution in [0.15, 0.2) is 109 Å². The fourth-order valence-electron chi connectivity index (χ4n) is 10.0. The van der Waals surface area contributed by atoms with Gasteiger partial charge in [-0.3, -0.25) is 19.3 Å². The number of aliphatic hydroxyl groups excluding tert-OH is 1. The molecule has 2 spiro atoms. The number of rotatable bonds is 11. The summed E-state index contributed by atoms with van der Waals surface area (Å²) < 4.78 is 23.3. The zero-order chi connectivity index (χ0) is 40.0. The van der Waals surface area contributed by atoms with E-state index in [-0.39, 0.29) is 43.8 Å². The molecule has 0 bridgehead atoms. The molecule has 0 aromatic heterocycles. The van der Waals surface area contributed by atoms with Crippen LogP contribution in [0.1, 0.15) is 42.9 Å². The summed E-state index contributed by atoms with van der Waals surface area (Å²) in [5.41, 5.74) is 2.29. The molecule has 4 aromatic rings. The molecule has 3 amide bonds. The van der Waals surface area contributed by atoms with Crippen LogP contribution in [0, 0.1) is 5.92 Å². The Morgan fingerprint density at radius 2 is 1.53 bits per heavy atom. The zero-order valence-electron chi connectivity index (χ0n) is 32.9. The van der Waals surface area contributed by atoms with Gasteiger partial charge in [-0.1, -0.05) is 85.8 Å². The van der Waals surface area contributed by atoms with Gasteiger partial charge in [0, 0.05) is 41.5 Å². The molecule has 57 heavy (non-hydrogen) atoms. The van der Waals surface area contributed by atoms with Crippen LogP contribution < -0.4 is 20.0 Å². The number of nitrogens with zero attached hydrogens (tertiary/aromatic N) is 4. The molecule has 8 rings (SSSR count). The van der Waals surface area contributed by atoms with Crippen molar-refractivity contribution in [1.29, 1.82) is 0 Å². The van der Waals surface area contributed by atoms with E-state index in [0.29, 0.717) is 24.5 Å². The van der Waals surface area contributed by atoms with Gasteiger partial charge in [0.1, 0.15) is 5.54 Å². The molecule has 4 aromatic carbocycles. The minimum atomic E-state index is -3.51. The number of amides is 3. The number of hydrogen-bond donors (Lipinski definition) is 2. The van der Waals surface area contributed by atoms with Crippen molar-refractivity contribution in [3.63, 3.8) is 0 Å². The van der Waals surface area contributed by atoms with Gasteiger partial charge in [0.15, 0.2) is 5.60 Å². The summed E-state index contributed by atoms with van der Waals surface area (Å²) in [7, 11) is -3.51. The third-order valence-corrected chi connectivity index (χ3v) is 15.2. The average Bonchev–Trinajstić information content (AvgIpc) is 3.76. The largest absolute Gasteiger partial charge is 0.395 e. The highest BCUT2D eigenvalue weighted by Gasteiger charge is 2.67. The van der Waals surface area contributed by atoms with Gasteiger partial charge in [-0.2, -0.15) is 0 Å². The van der Waals surface area contributed by atoms with Gasteiger partial charge in [-0.15, -0.1) is 0 Å². The fraction of sp³-hybridized carbons (Fsp3) is 0.400. The molecular weight excluding hydrogens is 738 g/mol. The summed E-state index contributed by atoms with van der Waals surface area (Å²) >= 11 is 0. The molecule has 10 nitrogen and oxygen atoms in total. The number of carbonyl (C=O) groups excluding carboxylic acids is 3. The van der Waals surface area contributed by atoms with E-state index >= 15 is 4.11 Å². The van der Waals surface area contributed by atoms with E-state index in [4.69, 9.17) is 4.74 Å². The number of piperidine rings is 1. The van der Waals surface area contributed by atoms with E-state index in [9.17, 15) is 19.5 Å². The first-order valence-electron chi connectivity index (χ1n) is 20.1. The summed E-state index contributed by atoms with van der Waals surface area (Å²) in [6.07, 6.45) is 0.514. The molecule has 3 saturated heterocycles. The van der Waals surface area contributed by atoms with Crippen LogP contribution in [-0.4, -0.2) is 80.7 Å². The first-order valence-corrected chi connectivity index (χ1v) is 23.1. The van der Waals surface area contributed by atoms with Crippen molar-refractivity contribution in [2.45, 2.75) is 75.2 Å². The quantitative estimate of drug-likeness (QED) is 0.135. The van der Waals surface area contributed by atoms with E-state index < -0.39 is 37.1 Å².